The van der Waals surface area contributed by atoms with Crippen LogP contribution in [-0.2, 0) is 6.42 Å². The predicted molar refractivity (Wildman–Crippen MR) is 92.7 cm³/mol. The highest BCUT2D eigenvalue weighted by molar-refractivity contribution is 6.42. The standard InChI is InChI=1S/C17H13Cl2N3O/c18-15-5-4-11(7-16(15)19)6-12-9-20-17(21-10-12)22-13-2-1-3-14(23)8-13/h1-5,7-10,23H,6H2,(H,20,21,22). The van der Waals surface area contributed by atoms with E-state index in [4.69, 9.17) is 23.2 Å². The Balaban J connectivity index is 1.70. The quantitative estimate of drug-likeness (QED) is 0.711. The first-order valence-corrected chi connectivity index (χ1v) is 7.66. The van der Waals surface area contributed by atoms with Gasteiger partial charge in [-0.1, -0.05) is 35.3 Å². The van der Waals surface area contributed by atoms with Crippen LogP contribution in [0.4, 0.5) is 11.6 Å². The van der Waals surface area contributed by atoms with Gasteiger partial charge in [-0.2, -0.15) is 0 Å². The first kappa shape index (κ1) is 15.6. The third-order valence-corrected chi connectivity index (χ3v) is 3.94. The van der Waals surface area contributed by atoms with Crippen LogP contribution < -0.4 is 5.32 Å². The largest absolute Gasteiger partial charge is 0.508 e. The van der Waals surface area contributed by atoms with E-state index < -0.39 is 0 Å². The third kappa shape index (κ3) is 4.12. The van der Waals surface area contributed by atoms with Gasteiger partial charge < -0.3 is 10.4 Å². The molecule has 3 aromatic rings. The SMILES string of the molecule is Oc1cccc(Nc2ncc(Cc3ccc(Cl)c(Cl)c3)cn2)c1. The highest BCUT2D eigenvalue weighted by Crippen LogP contribution is 2.24. The number of nitrogens with one attached hydrogen (secondary N) is 1. The maximum absolute atomic E-state index is 9.44. The van der Waals surface area contributed by atoms with E-state index >= 15 is 0 Å². The van der Waals surface area contributed by atoms with Crippen molar-refractivity contribution >= 4 is 34.8 Å². The number of phenolic OH excluding ortho intramolecular Hbond substituents is 1. The zero-order chi connectivity index (χ0) is 16.2. The van der Waals surface area contributed by atoms with Crippen molar-refractivity contribution in [2.24, 2.45) is 0 Å². The summed E-state index contributed by atoms with van der Waals surface area (Å²) in [6.45, 7) is 0. The molecule has 2 aromatic carbocycles. The maximum Gasteiger partial charge on any atom is 0.227 e. The first-order valence-electron chi connectivity index (χ1n) is 6.91. The molecule has 0 aliphatic heterocycles. The zero-order valence-corrected chi connectivity index (χ0v) is 13.5. The Kier molecular flexibility index (Phi) is 4.65. The van der Waals surface area contributed by atoms with Crippen LogP contribution in [0.25, 0.3) is 0 Å². The molecule has 0 radical (unpaired) electrons. The Hall–Kier alpha value is -2.30. The molecule has 0 atom stereocenters. The van der Waals surface area contributed by atoms with Gasteiger partial charge in [0.2, 0.25) is 5.95 Å². The van der Waals surface area contributed by atoms with Crippen LogP contribution in [0.3, 0.4) is 0 Å². The number of aromatic nitrogens is 2. The number of hydrogen-bond acceptors (Lipinski definition) is 4. The van der Waals surface area contributed by atoms with Gasteiger partial charge in [-0.3, -0.25) is 0 Å². The van der Waals surface area contributed by atoms with Crippen LogP contribution in [0, 0.1) is 0 Å². The van der Waals surface area contributed by atoms with E-state index in [2.05, 4.69) is 15.3 Å². The van der Waals surface area contributed by atoms with Crippen molar-refractivity contribution < 1.29 is 5.11 Å². The lowest BCUT2D eigenvalue weighted by Gasteiger charge is -2.06. The number of phenols is 1. The number of nitrogens with zero attached hydrogens (tertiary/aromatic N) is 2. The van der Waals surface area contributed by atoms with Gasteiger partial charge in [-0.25, -0.2) is 9.97 Å². The van der Waals surface area contributed by atoms with Gasteiger partial charge in [-0.05, 0) is 35.4 Å². The molecule has 0 saturated heterocycles. The van der Waals surface area contributed by atoms with Crippen LogP contribution in [0.15, 0.2) is 54.9 Å². The first-order chi connectivity index (χ1) is 11.1. The fourth-order valence-electron chi connectivity index (χ4n) is 2.11. The maximum atomic E-state index is 9.44. The molecule has 0 saturated carbocycles. The average molecular weight is 346 g/mol. The number of aromatic hydroxyl groups is 1. The Bertz CT molecular complexity index is 822. The molecule has 0 bridgehead atoms. The minimum atomic E-state index is 0.186. The molecule has 2 N–H and O–H groups in total. The summed E-state index contributed by atoms with van der Waals surface area (Å²) < 4.78 is 0. The number of benzene rings is 2. The lowest BCUT2D eigenvalue weighted by molar-refractivity contribution is 0.475. The summed E-state index contributed by atoms with van der Waals surface area (Å²) in [6.07, 6.45) is 4.17. The average Bonchev–Trinajstić information content (AvgIpc) is 2.53. The molecular formula is C17H13Cl2N3O. The smallest absolute Gasteiger partial charge is 0.227 e. The van der Waals surface area contributed by atoms with E-state index in [0.29, 0.717) is 22.4 Å². The Morgan fingerprint density at radius 2 is 1.70 bits per heavy atom. The molecule has 6 heteroatoms. The second kappa shape index (κ2) is 6.86. The molecular weight excluding hydrogens is 333 g/mol. The highest BCUT2D eigenvalue weighted by Gasteiger charge is 2.03. The number of halogens is 2. The molecule has 1 aromatic heterocycles. The molecule has 0 fully saturated rings. The van der Waals surface area contributed by atoms with Crippen molar-refractivity contribution in [1.82, 2.24) is 9.97 Å². The van der Waals surface area contributed by atoms with Gasteiger partial charge in [0, 0.05) is 30.6 Å². The van der Waals surface area contributed by atoms with Crippen molar-refractivity contribution in [1.29, 1.82) is 0 Å². The lowest BCUT2D eigenvalue weighted by Crippen LogP contribution is -1.98. The second-order valence-corrected chi connectivity index (χ2v) is 5.83. The topological polar surface area (TPSA) is 58.0 Å². The summed E-state index contributed by atoms with van der Waals surface area (Å²) in [5.41, 5.74) is 2.73. The van der Waals surface area contributed by atoms with Gasteiger partial charge in [0.05, 0.1) is 10.0 Å². The Morgan fingerprint density at radius 1 is 0.913 bits per heavy atom. The zero-order valence-electron chi connectivity index (χ0n) is 12.0. The Labute approximate surface area is 143 Å². The van der Waals surface area contributed by atoms with Crippen LogP contribution in [0.5, 0.6) is 5.75 Å². The molecule has 0 spiro atoms. The van der Waals surface area contributed by atoms with E-state index in [1.54, 1.807) is 36.7 Å². The van der Waals surface area contributed by atoms with E-state index in [-0.39, 0.29) is 5.75 Å². The van der Waals surface area contributed by atoms with Crippen LogP contribution in [-0.4, -0.2) is 15.1 Å². The molecule has 4 nitrogen and oxygen atoms in total. The number of rotatable bonds is 4. The van der Waals surface area contributed by atoms with Crippen LogP contribution in [0.2, 0.25) is 10.0 Å². The van der Waals surface area contributed by atoms with Crippen LogP contribution >= 0.6 is 23.2 Å². The lowest BCUT2D eigenvalue weighted by atomic mass is 10.1. The van der Waals surface area contributed by atoms with Gasteiger partial charge in [0.15, 0.2) is 0 Å². The summed E-state index contributed by atoms with van der Waals surface area (Å²) in [5.74, 6) is 0.653. The fourth-order valence-corrected chi connectivity index (χ4v) is 2.43. The molecule has 23 heavy (non-hydrogen) atoms. The fraction of sp³-hybridized carbons (Fsp3) is 0.0588. The van der Waals surface area contributed by atoms with Crippen molar-refractivity contribution in [3.63, 3.8) is 0 Å². The monoisotopic (exact) mass is 345 g/mol. The van der Waals surface area contributed by atoms with E-state index in [0.717, 1.165) is 16.8 Å². The Morgan fingerprint density at radius 3 is 2.39 bits per heavy atom. The van der Waals surface area contributed by atoms with Gasteiger partial charge in [0.25, 0.3) is 0 Å². The molecule has 0 aliphatic rings. The van der Waals surface area contributed by atoms with Crippen molar-refractivity contribution in [2.45, 2.75) is 6.42 Å². The highest BCUT2D eigenvalue weighted by atomic mass is 35.5. The molecule has 0 unspecified atom stereocenters. The molecule has 3 rings (SSSR count). The van der Waals surface area contributed by atoms with E-state index in [9.17, 15) is 5.11 Å². The van der Waals surface area contributed by atoms with Crippen molar-refractivity contribution in [2.75, 3.05) is 5.32 Å². The molecule has 0 amide bonds. The normalized spacial score (nSPS) is 10.5. The van der Waals surface area contributed by atoms with Gasteiger partial charge in [0.1, 0.15) is 5.75 Å². The number of hydrogen-bond donors (Lipinski definition) is 2. The second-order valence-electron chi connectivity index (χ2n) is 5.02. The summed E-state index contributed by atoms with van der Waals surface area (Å²) >= 11 is 11.9. The number of anilines is 2. The van der Waals surface area contributed by atoms with Crippen molar-refractivity contribution in [3.05, 3.63) is 76.0 Å². The third-order valence-electron chi connectivity index (χ3n) is 3.20. The summed E-state index contributed by atoms with van der Waals surface area (Å²) in [6, 6.07) is 12.3. The van der Waals surface area contributed by atoms with E-state index in [1.807, 2.05) is 18.2 Å². The molecule has 1 heterocycles. The summed E-state index contributed by atoms with van der Waals surface area (Å²) in [5, 5.41) is 13.5. The predicted octanol–water partition coefficient (Wildman–Crippen LogP) is 4.82. The van der Waals surface area contributed by atoms with Crippen molar-refractivity contribution in [3.8, 4) is 5.75 Å². The van der Waals surface area contributed by atoms with Crippen LogP contribution in [0.1, 0.15) is 11.1 Å². The minimum absolute atomic E-state index is 0.186. The summed E-state index contributed by atoms with van der Waals surface area (Å²) in [7, 11) is 0. The van der Waals surface area contributed by atoms with Gasteiger partial charge in [-0.15, -0.1) is 0 Å². The minimum Gasteiger partial charge on any atom is -0.508 e. The molecule has 0 aliphatic carbocycles. The van der Waals surface area contributed by atoms with E-state index in [1.165, 1.54) is 0 Å². The van der Waals surface area contributed by atoms with Gasteiger partial charge >= 0.3 is 0 Å². The summed E-state index contributed by atoms with van der Waals surface area (Å²) in [4.78, 5) is 8.55. The molecule has 116 valence electrons.